The number of halogens is 2. The number of hydrogen-bond donors (Lipinski definition) is 1. The molecule has 0 atom stereocenters. The zero-order valence-corrected chi connectivity index (χ0v) is 18.6. The van der Waals surface area contributed by atoms with Gasteiger partial charge in [0.05, 0.1) is 4.90 Å². The average Bonchev–Trinajstić information content (AvgIpc) is 2.79. The number of carbonyl (C=O) groups is 1. The van der Waals surface area contributed by atoms with Gasteiger partial charge in [-0.2, -0.15) is 0 Å². The van der Waals surface area contributed by atoms with Gasteiger partial charge in [-0.1, -0.05) is 24.3 Å². The minimum atomic E-state index is -3.86. The van der Waals surface area contributed by atoms with E-state index in [0.717, 1.165) is 17.2 Å². The molecule has 8 heteroatoms. The van der Waals surface area contributed by atoms with Gasteiger partial charge in [0, 0.05) is 25.2 Å². The fourth-order valence-electron chi connectivity index (χ4n) is 3.30. The van der Waals surface area contributed by atoms with Crippen molar-refractivity contribution in [1.82, 2.24) is 9.62 Å². The minimum absolute atomic E-state index is 0.0409. The van der Waals surface area contributed by atoms with Crippen molar-refractivity contribution in [2.45, 2.75) is 25.3 Å². The van der Waals surface area contributed by atoms with E-state index in [1.807, 2.05) is 13.8 Å². The fourth-order valence-corrected chi connectivity index (χ4v) is 4.32. The standard InChI is InChI=1S/C24H24F2N2O3S/c1-3-28(4-2)24(29)20-13-17(14-22(26)15-20)16-27-32(30,31)23-11-7-19(8-12-23)18-5-9-21(25)10-6-18/h5-15,27H,3-4,16H2,1-2H3. The molecule has 0 fully saturated rings. The second kappa shape index (κ2) is 10.0. The van der Waals surface area contributed by atoms with Crippen molar-refractivity contribution in [2.24, 2.45) is 0 Å². The van der Waals surface area contributed by atoms with Crippen LogP contribution in [-0.4, -0.2) is 32.3 Å². The molecule has 32 heavy (non-hydrogen) atoms. The molecule has 3 aromatic rings. The summed E-state index contributed by atoms with van der Waals surface area (Å²) in [6.45, 7) is 4.47. The van der Waals surface area contributed by atoms with Gasteiger partial charge in [0.2, 0.25) is 10.0 Å². The maximum atomic E-state index is 14.1. The third-order valence-electron chi connectivity index (χ3n) is 5.06. The van der Waals surface area contributed by atoms with Crippen molar-refractivity contribution in [3.05, 3.63) is 89.5 Å². The van der Waals surface area contributed by atoms with Crippen LogP contribution in [0.4, 0.5) is 8.78 Å². The Hall–Kier alpha value is -3.10. The smallest absolute Gasteiger partial charge is 0.253 e. The molecule has 0 saturated heterocycles. The van der Waals surface area contributed by atoms with Crippen LogP contribution in [0.1, 0.15) is 29.8 Å². The lowest BCUT2D eigenvalue weighted by Crippen LogP contribution is -2.30. The van der Waals surface area contributed by atoms with Gasteiger partial charge >= 0.3 is 0 Å². The first-order valence-corrected chi connectivity index (χ1v) is 11.7. The Kier molecular flexibility index (Phi) is 7.37. The van der Waals surface area contributed by atoms with Gasteiger partial charge in [0.15, 0.2) is 0 Å². The Morgan fingerprint density at radius 2 is 1.41 bits per heavy atom. The number of carbonyl (C=O) groups excluding carboxylic acids is 1. The van der Waals surface area contributed by atoms with E-state index in [-0.39, 0.29) is 28.7 Å². The molecule has 168 valence electrons. The summed E-state index contributed by atoms with van der Waals surface area (Å²) in [5, 5.41) is 0. The molecule has 0 aliphatic rings. The van der Waals surface area contributed by atoms with Crippen LogP contribution < -0.4 is 4.72 Å². The normalized spacial score (nSPS) is 11.4. The number of sulfonamides is 1. The Balaban J connectivity index is 1.75. The number of rotatable bonds is 8. The summed E-state index contributed by atoms with van der Waals surface area (Å²) in [6.07, 6.45) is 0. The quantitative estimate of drug-likeness (QED) is 0.537. The number of amides is 1. The summed E-state index contributed by atoms with van der Waals surface area (Å²) in [6, 6.07) is 15.9. The van der Waals surface area contributed by atoms with Crippen LogP contribution in [0.15, 0.2) is 71.6 Å². The Morgan fingerprint density at radius 3 is 1.97 bits per heavy atom. The monoisotopic (exact) mass is 458 g/mol. The van der Waals surface area contributed by atoms with Crippen LogP contribution in [0.2, 0.25) is 0 Å². The second-order valence-electron chi connectivity index (χ2n) is 7.18. The summed E-state index contributed by atoms with van der Waals surface area (Å²) in [5.41, 5.74) is 2.01. The molecular formula is C24H24F2N2O3S. The van der Waals surface area contributed by atoms with E-state index in [9.17, 15) is 22.0 Å². The lowest BCUT2D eigenvalue weighted by atomic mass is 10.1. The summed E-state index contributed by atoms with van der Waals surface area (Å²) < 4.78 is 54.9. The maximum Gasteiger partial charge on any atom is 0.253 e. The van der Waals surface area contributed by atoms with E-state index in [0.29, 0.717) is 18.7 Å². The van der Waals surface area contributed by atoms with Crippen LogP contribution in [0.25, 0.3) is 11.1 Å². The number of nitrogens with zero attached hydrogens (tertiary/aromatic N) is 1. The average molecular weight is 459 g/mol. The predicted octanol–water partition coefficient (Wildman–Crippen LogP) is 4.59. The van der Waals surface area contributed by atoms with Gasteiger partial charge in [0.25, 0.3) is 5.91 Å². The van der Waals surface area contributed by atoms with E-state index < -0.39 is 15.8 Å². The molecule has 0 aliphatic carbocycles. The lowest BCUT2D eigenvalue weighted by Gasteiger charge is -2.19. The van der Waals surface area contributed by atoms with Crippen molar-refractivity contribution >= 4 is 15.9 Å². The predicted molar refractivity (Wildman–Crippen MR) is 120 cm³/mol. The fraction of sp³-hybridized carbons (Fsp3) is 0.208. The highest BCUT2D eigenvalue weighted by Gasteiger charge is 2.17. The molecule has 5 nitrogen and oxygen atoms in total. The Labute approximate surface area is 186 Å². The summed E-state index contributed by atoms with van der Waals surface area (Å²) in [4.78, 5) is 14.1. The Morgan fingerprint density at radius 1 is 0.844 bits per heavy atom. The maximum absolute atomic E-state index is 14.1. The van der Waals surface area contributed by atoms with Crippen molar-refractivity contribution in [3.63, 3.8) is 0 Å². The summed E-state index contributed by atoms with van der Waals surface area (Å²) in [7, 11) is -3.86. The van der Waals surface area contributed by atoms with Crippen LogP contribution in [0, 0.1) is 11.6 Å². The molecule has 0 aliphatic heterocycles. The van der Waals surface area contributed by atoms with Crippen molar-refractivity contribution in [3.8, 4) is 11.1 Å². The van der Waals surface area contributed by atoms with E-state index in [1.54, 1.807) is 29.2 Å². The molecule has 3 rings (SSSR count). The molecule has 3 aromatic carbocycles. The van der Waals surface area contributed by atoms with E-state index in [1.165, 1.54) is 36.4 Å². The van der Waals surface area contributed by atoms with Gasteiger partial charge in [-0.25, -0.2) is 21.9 Å². The third kappa shape index (κ3) is 5.57. The van der Waals surface area contributed by atoms with Crippen molar-refractivity contribution in [1.29, 1.82) is 0 Å². The molecule has 0 heterocycles. The van der Waals surface area contributed by atoms with Gasteiger partial charge < -0.3 is 4.90 Å². The van der Waals surface area contributed by atoms with Crippen LogP contribution in [0.5, 0.6) is 0 Å². The summed E-state index contributed by atoms with van der Waals surface area (Å²) in [5.74, 6) is -1.27. The van der Waals surface area contributed by atoms with Gasteiger partial charge in [-0.3, -0.25) is 4.79 Å². The zero-order valence-electron chi connectivity index (χ0n) is 17.8. The minimum Gasteiger partial charge on any atom is -0.339 e. The molecule has 0 aromatic heterocycles. The highest BCUT2D eigenvalue weighted by Crippen LogP contribution is 2.22. The molecule has 1 amide bonds. The van der Waals surface area contributed by atoms with E-state index >= 15 is 0 Å². The SMILES string of the molecule is CCN(CC)C(=O)c1cc(F)cc(CNS(=O)(=O)c2ccc(-c3ccc(F)cc3)cc2)c1. The summed E-state index contributed by atoms with van der Waals surface area (Å²) >= 11 is 0. The van der Waals surface area contributed by atoms with Gasteiger partial charge in [-0.15, -0.1) is 0 Å². The molecule has 0 spiro atoms. The highest BCUT2D eigenvalue weighted by atomic mass is 32.2. The first-order valence-electron chi connectivity index (χ1n) is 10.2. The van der Waals surface area contributed by atoms with Gasteiger partial charge in [0.1, 0.15) is 11.6 Å². The van der Waals surface area contributed by atoms with Crippen LogP contribution >= 0.6 is 0 Å². The topological polar surface area (TPSA) is 66.5 Å². The second-order valence-corrected chi connectivity index (χ2v) is 8.95. The van der Waals surface area contributed by atoms with Crippen molar-refractivity contribution in [2.75, 3.05) is 13.1 Å². The molecule has 0 saturated carbocycles. The molecular weight excluding hydrogens is 434 g/mol. The zero-order chi connectivity index (χ0) is 23.3. The van der Waals surface area contributed by atoms with E-state index in [2.05, 4.69) is 4.72 Å². The molecule has 0 unspecified atom stereocenters. The third-order valence-corrected chi connectivity index (χ3v) is 6.48. The van der Waals surface area contributed by atoms with Gasteiger partial charge in [-0.05, 0) is 73.0 Å². The largest absolute Gasteiger partial charge is 0.339 e. The number of hydrogen-bond acceptors (Lipinski definition) is 3. The first-order chi connectivity index (χ1) is 15.2. The molecule has 0 radical (unpaired) electrons. The number of benzene rings is 3. The highest BCUT2D eigenvalue weighted by molar-refractivity contribution is 7.89. The molecule has 1 N–H and O–H groups in total. The molecule has 0 bridgehead atoms. The van der Waals surface area contributed by atoms with Crippen LogP contribution in [-0.2, 0) is 16.6 Å². The Bertz CT molecular complexity index is 1190. The van der Waals surface area contributed by atoms with Crippen LogP contribution in [0.3, 0.4) is 0 Å². The van der Waals surface area contributed by atoms with E-state index in [4.69, 9.17) is 0 Å². The van der Waals surface area contributed by atoms with Crippen molar-refractivity contribution < 1.29 is 22.0 Å². The first kappa shape index (κ1) is 23.6. The number of nitrogens with one attached hydrogen (secondary N) is 1. The lowest BCUT2D eigenvalue weighted by molar-refractivity contribution is 0.0772.